The third-order valence-electron chi connectivity index (χ3n) is 3.94. The topological polar surface area (TPSA) is 39.6 Å². The number of nitrogens with one attached hydrogen (secondary N) is 2. The summed E-state index contributed by atoms with van der Waals surface area (Å²) in [7, 11) is 0. The van der Waals surface area contributed by atoms with Gasteiger partial charge in [0.05, 0.1) is 5.69 Å². The zero-order valence-electron chi connectivity index (χ0n) is 12.0. The molecule has 2 aromatic rings. The highest BCUT2D eigenvalue weighted by molar-refractivity contribution is 5.93. The summed E-state index contributed by atoms with van der Waals surface area (Å²) in [5.74, 6) is 0. The van der Waals surface area contributed by atoms with E-state index in [1.165, 1.54) is 28.5 Å². The number of H-pyrrole nitrogens is 1. The first-order valence-electron chi connectivity index (χ1n) is 6.43. The molecule has 1 heterocycles. The van der Waals surface area contributed by atoms with E-state index in [0.29, 0.717) is 0 Å². The van der Waals surface area contributed by atoms with Gasteiger partial charge in [0, 0.05) is 23.0 Å². The van der Waals surface area contributed by atoms with E-state index in [-0.39, 0.29) is 0 Å². The molecule has 98 valence electrons. The average molecular weight is 252 g/mol. The van der Waals surface area contributed by atoms with Gasteiger partial charge in [-0.1, -0.05) is 24.8 Å². The number of aromatic nitrogens is 1. The minimum atomic E-state index is 0.846. The standard InChI is InChI=1S/C17H20N2/c1-6-14-13(5)19-16(9-18)17(14)15-8-7-10(2)11(3)12(15)4/h6-9,18-19H,1H2,2-5H3. The van der Waals surface area contributed by atoms with Crippen LogP contribution >= 0.6 is 0 Å². The Morgan fingerprint density at radius 1 is 1.11 bits per heavy atom. The summed E-state index contributed by atoms with van der Waals surface area (Å²) in [5.41, 5.74) is 9.13. The molecule has 1 aromatic heterocycles. The molecule has 0 spiro atoms. The molecule has 0 aliphatic rings. The van der Waals surface area contributed by atoms with Gasteiger partial charge in [-0.05, 0) is 49.9 Å². The van der Waals surface area contributed by atoms with Crippen LogP contribution in [0.25, 0.3) is 17.2 Å². The van der Waals surface area contributed by atoms with Gasteiger partial charge in [0.2, 0.25) is 0 Å². The van der Waals surface area contributed by atoms with Gasteiger partial charge >= 0.3 is 0 Å². The maximum atomic E-state index is 7.59. The fourth-order valence-electron chi connectivity index (χ4n) is 2.54. The molecule has 0 unspecified atom stereocenters. The molecular weight excluding hydrogens is 232 g/mol. The number of hydrogen-bond acceptors (Lipinski definition) is 1. The van der Waals surface area contributed by atoms with Crippen molar-refractivity contribution in [2.45, 2.75) is 27.7 Å². The summed E-state index contributed by atoms with van der Waals surface area (Å²) in [6.45, 7) is 12.3. The lowest BCUT2D eigenvalue weighted by Crippen LogP contribution is -1.93. The normalized spacial score (nSPS) is 10.5. The van der Waals surface area contributed by atoms with Crippen LogP contribution in [0.4, 0.5) is 0 Å². The van der Waals surface area contributed by atoms with Gasteiger partial charge in [0.25, 0.3) is 0 Å². The Morgan fingerprint density at radius 3 is 2.37 bits per heavy atom. The molecule has 0 amide bonds. The van der Waals surface area contributed by atoms with Crippen LogP contribution in [0.15, 0.2) is 18.7 Å². The van der Waals surface area contributed by atoms with Gasteiger partial charge < -0.3 is 10.4 Å². The molecule has 2 nitrogen and oxygen atoms in total. The fourth-order valence-corrected chi connectivity index (χ4v) is 2.54. The maximum absolute atomic E-state index is 7.59. The van der Waals surface area contributed by atoms with Crippen molar-refractivity contribution in [3.63, 3.8) is 0 Å². The molecule has 2 rings (SSSR count). The molecule has 1 aromatic carbocycles. The summed E-state index contributed by atoms with van der Waals surface area (Å²) in [6.07, 6.45) is 3.24. The predicted molar refractivity (Wildman–Crippen MR) is 83.2 cm³/mol. The average Bonchev–Trinajstić information content (AvgIpc) is 2.72. The van der Waals surface area contributed by atoms with Gasteiger partial charge in [-0.3, -0.25) is 0 Å². The van der Waals surface area contributed by atoms with E-state index >= 15 is 0 Å². The second-order valence-electron chi connectivity index (χ2n) is 4.98. The summed E-state index contributed by atoms with van der Waals surface area (Å²) in [6, 6.07) is 4.28. The van der Waals surface area contributed by atoms with E-state index in [4.69, 9.17) is 5.41 Å². The van der Waals surface area contributed by atoms with Crippen molar-refractivity contribution in [1.29, 1.82) is 5.41 Å². The van der Waals surface area contributed by atoms with Crippen molar-refractivity contribution in [2.24, 2.45) is 0 Å². The van der Waals surface area contributed by atoms with Crippen molar-refractivity contribution in [3.05, 3.63) is 52.4 Å². The van der Waals surface area contributed by atoms with Crippen molar-refractivity contribution >= 4 is 12.3 Å². The number of aryl methyl sites for hydroxylation is 2. The number of rotatable bonds is 3. The Labute approximate surface area is 114 Å². The molecule has 0 aliphatic heterocycles. The van der Waals surface area contributed by atoms with Gasteiger partial charge in [-0.25, -0.2) is 0 Å². The van der Waals surface area contributed by atoms with Gasteiger partial charge in [-0.2, -0.15) is 0 Å². The largest absolute Gasteiger partial charge is 0.357 e. The van der Waals surface area contributed by atoms with Crippen LogP contribution in [0.5, 0.6) is 0 Å². The van der Waals surface area contributed by atoms with Crippen molar-refractivity contribution in [3.8, 4) is 11.1 Å². The zero-order valence-corrected chi connectivity index (χ0v) is 12.0. The molecule has 0 bridgehead atoms. The molecule has 0 aliphatic carbocycles. The van der Waals surface area contributed by atoms with Gasteiger partial charge in [-0.15, -0.1) is 0 Å². The molecule has 2 heteroatoms. The third kappa shape index (κ3) is 2.03. The second-order valence-corrected chi connectivity index (χ2v) is 4.98. The van der Waals surface area contributed by atoms with Gasteiger partial charge in [0.1, 0.15) is 0 Å². The lowest BCUT2D eigenvalue weighted by Gasteiger charge is -2.12. The first-order chi connectivity index (χ1) is 9.01. The Bertz CT molecular complexity index is 660. The second kappa shape index (κ2) is 4.88. The Hall–Kier alpha value is -2.09. The number of benzene rings is 1. The Kier molecular flexibility index (Phi) is 3.43. The van der Waals surface area contributed by atoms with E-state index in [1.807, 2.05) is 13.0 Å². The molecule has 0 radical (unpaired) electrons. The minimum absolute atomic E-state index is 0.846. The van der Waals surface area contributed by atoms with Crippen molar-refractivity contribution in [2.75, 3.05) is 0 Å². The van der Waals surface area contributed by atoms with E-state index in [0.717, 1.165) is 22.5 Å². The number of hydrogen-bond donors (Lipinski definition) is 2. The molecule has 0 atom stereocenters. The van der Waals surface area contributed by atoms with Crippen LogP contribution in [0.1, 0.15) is 33.6 Å². The van der Waals surface area contributed by atoms with E-state index in [9.17, 15) is 0 Å². The highest BCUT2D eigenvalue weighted by Crippen LogP contribution is 2.34. The zero-order chi connectivity index (χ0) is 14.2. The first kappa shape index (κ1) is 13.3. The lowest BCUT2D eigenvalue weighted by atomic mass is 9.91. The van der Waals surface area contributed by atoms with Crippen LogP contribution in [-0.2, 0) is 0 Å². The van der Waals surface area contributed by atoms with Crippen LogP contribution < -0.4 is 0 Å². The highest BCUT2D eigenvalue weighted by atomic mass is 14.7. The number of aromatic amines is 1. The lowest BCUT2D eigenvalue weighted by molar-refractivity contribution is 1.24. The summed E-state index contributed by atoms with van der Waals surface area (Å²) in [5, 5.41) is 7.59. The monoisotopic (exact) mass is 252 g/mol. The maximum Gasteiger partial charge on any atom is 0.0647 e. The van der Waals surface area contributed by atoms with Crippen LogP contribution in [-0.4, -0.2) is 11.2 Å². The van der Waals surface area contributed by atoms with Crippen LogP contribution in [0.3, 0.4) is 0 Å². The fraction of sp³-hybridized carbons (Fsp3) is 0.235. The highest BCUT2D eigenvalue weighted by Gasteiger charge is 2.16. The SMILES string of the molecule is C=Cc1c(C)[nH]c(C=N)c1-c1ccc(C)c(C)c1C. The molecular formula is C17H20N2. The first-order valence-corrected chi connectivity index (χ1v) is 6.43. The van der Waals surface area contributed by atoms with E-state index in [1.54, 1.807) is 0 Å². The van der Waals surface area contributed by atoms with E-state index in [2.05, 4.69) is 44.5 Å². The quantitative estimate of drug-likeness (QED) is 0.752. The van der Waals surface area contributed by atoms with Crippen molar-refractivity contribution < 1.29 is 0 Å². The molecule has 19 heavy (non-hydrogen) atoms. The summed E-state index contributed by atoms with van der Waals surface area (Å²) >= 11 is 0. The summed E-state index contributed by atoms with van der Waals surface area (Å²) in [4.78, 5) is 3.26. The minimum Gasteiger partial charge on any atom is -0.357 e. The predicted octanol–water partition coefficient (Wildman–Crippen LogP) is 4.56. The molecule has 0 saturated carbocycles. The van der Waals surface area contributed by atoms with Crippen LogP contribution in [0, 0.1) is 33.1 Å². The molecule has 0 fully saturated rings. The third-order valence-corrected chi connectivity index (χ3v) is 3.94. The Morgan fingerprint density at radius 2 is 1.79 bits per heavy atom. The smallest absolute Gasteiger partial charge is 0.0647 e. The summed E-state index contributed by atoms with van der Waals surface area (Å²) < 4.78 is 0. The van der Waals surface area contributed by atoms with Crippen molar-refractivity contribution in [1.82, 2.24) is 4.98 Å². The Balaban J connectivity index is 2.82. The van der Waals surface area contributed by atoms with Crippen LogP contribution in [0.2, 0.25) is 0 Å². The van der Waals surface area contributed by atoms with Gasteiger partial charge in [0.15, 0.2) is 0 Å². The molecule has 0 saturated heterocycles. The van der Waals surface area contributed by atoms with E-state index < -0.39 is 0 Å². The molecule has 2 N–H and O–H groups in total.